The molecular formula is C19H23NO3. The van der Waals surface area contributed by atoms with Gasteiger partial charge in [0, 0.05) is 17.1 Å². The standard InChI is InChI=1S/C19H23NO3/c1-18(2)11-23-17(20-18)19(3)14-8-6-5-7-12(14)16(21-4)13-9-22-10-15(13)19/h5-8,15H,9-11H2,1-4H3/t15-,19-/m0/s1. The Kier molecular flexibility index (Phi) is 3.11. The van der Waals surface area contributed by atoms with Gasteiger partial charge in [0.1, 0.15) is 12.4 Å². The Labute approximate surface area is 137 Å². The molecule has 4 rings (SSSR count). The van der Waals surface area contributed by atoms with E-state index in [1.54, 1.807) is 7.11 Å². The highest BCUT2D eigenvalue weighted by Crippen LogP contribution is 2.51. The van der Waals surface area contributed by atoms with Crippen LogP contribution in [0.3, 0.4) is 0 Å². The van der Waals surface area contributed by atoms with Crippen molar-refractivity contribution >= 4 is 11.7 Å². The van der Waals surface area contributed by atoms with Gasteiger partial charge < -0.3 is 14.2 Å². The van der Waals surface area contributed by atoms with Crippen LogP contribution in [0.1, 0.15) is 31.9 Å². The molecule has 1 saturated heterocycles. The van der Waals surface area contributed by atoms with Crippen molar-refractivity contribution < 1.29 is 14.2 Å². The van der Waals surface area contributed by atoms with E-state index in [0.717, 1.165) is 17.2 Å². The minimum Gasteiger partial charge on any atom is -0.496 e. The maximum atomic E-state index is 6.08. The van der Waals surface area contributed by atoms with E-state index >= 15 is 0 Å². The number of nitrogens with zero attached hydrogens (tertiary/aromatic N) is 1. The van der Waals surface area contributed by atoms with Crippen LogP contribution >= 0.6 is 0 Å². The zero-order valence-electron chi connectivity index (χ0n) is 14.2. The first kappa shape index (κ1) is 14.8. The summed E-state index contributed by atoms with van der Waals surface area (Å²) in [6, 6.07) is 8.41. The van der Waals surface area contributed by atoms with Gasteiger partial charge in [0.25, 0.3) is 0 Å². The lowest BCUT2D eigenvalue weighted by atomic mass is 9.64. The van der Waals surface area contributed by atoms with Gasteiger partial charge in [0.15, 0.2) is 5.90 Å². The zero-order valence-corrected chi connectivity index (χ0v) is 14.2. The van der Waals surface area contributed by atoms with Crippen LogP contribution in [0.4, 0.5) is 0 Å². The number of rotatable bonds is 2. The highest BCUT2D eigenvalue weighted by molar-refractivity contribution is 5.94. The lowest BCUT2D eigenvalue weighted by molar-refractivity contribution is 0.170. The van der Waals surface area contributed by atoms with Gasteiger partial charge in [-0.3, -0.25) is 0 Å². The minimum absolute atomic E-state index is 0.168. The van der Waals surface area contributed by atoms with Crippen molar-refractivity contribution in [3.8, 4) is 0 Å². The molecule has 3 aliphatic rings. The van der Waals surface area contributed by atoms with Crippen LogP contribution in [0, 0.1) is 5.92 Å². The van der Waals surface area contributed by atoms with Crippen LogP contribution in [0.25, 0.3) is 5.76 Å². The summed E-state index contributed by atoms with van der Waals surface area (Å²) in [6.45, 7) is 8.38. The molecule has 23 heavy (non-hydrogen) atoms. The Hall–Kier alpha value is -1.81. The van der Waals surface area contributed by atoms with Crippen molar-refractivity contribution in [2.45, 2.75) is 31.7 Å². The molecule has 4 nitrogen and oxygen atoms in total. The highest BCUT2D eigenvalue weighted by Gasteiger charge is 2.53. The molecule has 122 valence electrons. The third kappa shape index (κ3) is 1.97. The van der Waals surface area contributed by atoms with Crippen LogP contribution in [0.5, 0.6) is 0 Å². The molecule has 4 heteroatoms. The summed E-state index contributed by atoms with van der Waals surface area (Å²) in [4.78, 5) is 4.90. The first-order valence-electron chi connectivity index (χ1n) is 8.15. The predicted molar refractivity (Wildman–Crippen MR) is 89.5 cm³/mol. The summed E-state index contributed by atoms with van der Waals surface area (Å²) in [5.41, 5.74) is 3.10. The second-order valence-electron chi connectivity index (χ2n) is 7.39. The molecule has 2 aliphatic heterocycles. The van der Waals surface area contributed by atoms with E-state index in [9.17, 15) is 0 Å². The third-order valence-corrected chi connectivity index (χ3v) is 5.30. The topological polar surface area (TPSA) is 40.0 Å². The van der Waals surface area contributed by atoms with Gasteiger partial charge in [0.2, 0.25) is 0 Å². The lowest BCUT2D eigenvalue weighted by Crippen LogP contribution is -2.44. The van der Waals surface area contributed by atoms with E-state index in [4.69, 9.17) is 19.2 Å². The van der Waals surface area contributed by atoms with Crippen molar-refractivity contribution in [2.24, 2.45) is 10.9 Å². The van der Waals surface area contributed by atoms with Crippen LogP contribution in [-0.2, 0) is 19.6 Å². The van der Waals surface area contributed by atoms with Gasteiger partial charge in [-0.1, -0.05) is 24.3 Å². The van der Waals surface area contributed by atoms with E-state index in [1.165, 1.54) is 11.1 Å². The van der Waals surface area contributed by atoms with Gasteiger partial charge in [-0.25, -0.2) is 4.99 Å². The predicted octanol–water partition coefficient (Wildman–Crippen LogP) is 3.17. The van der Waals surface area contributed by atoms with E-state index in [-0.39, 0.29) is 16.9 Å². The summed E-state index contributed by atoms with van der Waals surface area (Å²) in [5.74, 6) is 2.00. The Morgan fingerprint density at radius 3 is 2.70 bits per heavy atom. The molecule has 0 saturated carbocycles. The van der Waals surface area contributed by atoms with Gasteiger partial charge in [-0.15, -0.1) is 0 Å². The molecule has 0 radical (unpaired) electrons. The molecule has 0 unspecified atom stereocenters. The smallest absolute Gasteiger partial charge is 0.195 e. The zero-order chi connectivity index (χ0) is 16.2. The fraction of sp³-hybridized carbons (Fsp3) is 0.526. The average Bonchev–Trinajstić information content (AvgIpc) is 3.15. The fourth-order valence-electron chi connectivity index (χ4n) is 4.08. The molecule has 1 aliphatic carbocycles. The van der Waals surface area contributed by atoms with E-state index in [0.29, 0.717) is 19.8 Å². The lowest BCUT2D eigenvalue weighted by Gasteiger charge is -2.40. The maximum absolute atomic E-state index is 6.08. The molecule has 0 N–H and O–H groups in total. The van der Waals surface area contributed by atoms with Crippen molar-refractivity contribution in [3.05, 3.63) is 41.0 Å². The summed E-state index contributed by atoms with van der Waals surface area (Å²) < 4.78 is 17.6. The van der Waals surface area contributed by atoms with Gasteiger partial charge >= 0.3 is 0 Å². The number of methoxy groups -OCH3 is 1. The van der Waals surface area contributed by atoms with Crippen LogP contribution in [0.2, 0.25) is 0 Å². The third-order valence-electron chi connectivity index (χ3n) is 5.30. The van der Waals surface area contributed by atoms with Crippen LogP contribution in [0.15, 0.2) is 34.8 Å². The largest absolute Gasteiger partial charge is 0.496 e. The molecule has 1 aromatic carbocycles. The van der Waals surface area contributed by atoms with Crippen LogP contribution in [-0.4, -0.2) is 38.4 Å². The Bertz CT molecular complexity index is 719. The van der Waals surface area contributed by atoms with Gasteiger partial charge in [-0.2, -0.15) is 0 Å². The first-order valence-corrected chi connectivity index (χ1v) is 8.15. The molecule has 0 bridgehead atoms. The molecule has 1 fully saturated rings. The van der Waals surface area contributed by atoms with E-state index in [1.807, 2.05) is 0 Å². The van der Waals surface area contributed by atoms with Crippen molar-refractivity contribution in [3.63, 3.8) is 0 Å². The fourth-order valence-corrected chi connectivity index (χ4v) is 4.08. The van der Waals surface area contributed by atoms with Gasteiger partial charge in [-0.05, 0) is 26.3 Å². The first-order chi connectivity index (χ1) is 11.0. The van der Waals surface area contributed by atoms with Crippen molar-refractivity contribution in [1.82, 2.24) is 0 Å². The summed E-state index contributed by atoms with van der Waals surface area (Å²) in [5, 5.41) is 0. The average molecular weight is 313 g/mol. The number of hydrogen-bond acceptors (Lipinski definition) is 4. The second kappa shape index (κ2) is 4.84. The van der Waals surface area contributed by atoms with Crippen LogP contribution < -0.4 is 0 Å². The number of benzene rings is 1. The van der Waals surface area contributed by atoms with E-state index < -0.39 is 0 Å². The Morgan fingerprint density at radius 2 is 2.00 bits per heavy atom. The quantitative estimate of drug-likeness (QED) is 0.842. The van der Waals surface area contributed by atoms with Crippen molar-refractivity contribution in [2.75, 3.05) is 26.9 Å². The number of aliphatic imine (C=N–C) groups is 1. The van der Waals surface area contributed by atoms with Crippen molar-refractivity contribution in [1.29, 1.82) is 0 Å². The summed E-state index contributed by atoms with van der Waals surface area (Å²) >= 11 is 0. The molecule has 0 spiro atoms. The number of hydrogen-bond donors (Lipinski definition) is 0. The SMILES string of the molecule is COC1=C2COC[C@@H]2[C@@](C)(C2=NC(C)(C)CO2)c2ccccc21. The minimum atomic E-state index is -0.307. The molecule has 2 atom stereocenters. The number of ether oxygens (including phenoxy) is 3. The Morgan fingerprint density at radius 1 is 1.22 bits per heavy atom. The second-order valence-corrected chi connectivity index (χ2v) is 7.39. The summed E-state index contributed by atoms with van der Waals surface area (Å²) in [6.07, 6.45) is 0. The number of fused-ring (bicyclic) bond motifs is 2. The van der Waals surface area contributed by atoms with E-state index in [2.05, 4.69) is 45.0 Å². The normalized spacial score (nSPS) is 31.3. The molecule has 1 aromatic rings. The molecule has 0 amide bonds. The molecule has 0 aromatic heterocycles. The molecular weight excluding hydrogens is 290 g/mol. The highest BCUT2D eigenvalue weighted by atomic mass is 16.5. The molecule has 2 heterocycles. The van der Waals surface area contributed by atoms with Gasteiger partial charge in [0.05, 0.1) is 31.3 Å². The summed E-state index contributed by atoms with van der Waals surface area (Å²) in [7, 11) is 1.74. The Balaban J connectivity index is 1.96. The maximum Gasteiger partial charge on any atom is 0.195 e. The monoisotopic (exact) mass is 313 g/mol.